The van der Waals surface area contributed by atoms with Crippen molar-refractivity contribution in [2.45, 2.75) is 20.4 Å². The number of amides is 1. The Bertz CT molecular complexity index is 695. The van der Waals surface area contributed by atoms with Gasteiger partial charge in [0, 0.05) is 24.7 Å². The number of non-ortho nitro benzene ring substituents is 1. The summed E-state index contributed by atoms with van der Waals surface area (Å²) in [5.74, 6) is 0.840. The van der Waals surface area contributed by atoms with Gasteiger partial charge in [-0.05, 0) is 25.5 Å². The Kier molecular flexibility index (Phi) is 3.97. The molecule has 0 atom stereocenters. The van der Waals surface area contributed by atoms with Gasteiger partial charge in [0.05, 0.1) is 11.5 Å². The number of aromatic nitrogens is 3. The standard InChI is InChI=1S/C13H15N5O3/c1-8-4-10(6-11(5-8)18(20)21)13(19)17(3)7-12-14-9(2)15-16-12/h4-6H,7H2,1-3H3,(H,14,15,16). The van der Waals surface area contributed by atoms with Crippen LogP contribution in [0.15, 0.2) is 18.2 Å². The van der Waals surface area contributed by atoms with Gasteiger partial charge in [-0.1, -0.05) is 0 Å². The zero-order valence-corrected chi connectivity index (χ0v) is 12.0. The summed E-state index contributed by atoms with van der Waals surface area (Å²) < 4.78 is 0. The second-order valence-corrected chi connectivity index (χ2v) is 4.81. The van der Waals surface area contributed by atoms with Crippen molar-refractivity contribution >= 4 is 11.6 Å². The molecule has 1 heterocycles. The molecule has 2 rings (SSSR count). The molecule has 1 aromatic carbocycles. The maximum atomic E-state index is 12.3. The zero-order chi connectivity index (χ0) is 15.6. The van der Waals surface area contributed by atoms with Gasteiger partial charge in [-0.3, -0.25) is 20.0 Å². The quantitative estimate of drug-likeness (QED) is 0.680. The van der Waals surface area contributed by atoms with Gasteiger partial charge >= 0.3 is 0 Å². The van der Waals surface area contributed by atoms with Crippen molar-refractivity contribution in [1.82, 2.24) is 20.1 Å². The Balaban J connectivity index is 2.20. The zero-order valence-electron chi connectivity index (χ0n) is 12.0. The van der Waals surface area contributed by atoms with E-state index < -0.39 is 4.92 Å². The van der Waals surface area contributed by atoms with Crippen LogP contribution in [0.2, 0.25) is 0 Å². The molecule has 0 bridgehead atoms. The summed E-state index contributed by atoms with van der Waals surface area (Å²) >= 11 is 0. The summed E-state index contributed by atoms with van der Waals surface area (Å²) in [4.78, 5) is 28.2. The average molecular weight is 289 g/mol. The van der Waals surface area contributed by atoms with Gasteiger partial charge in [0.1, 0.15) is 5.82 Å². The van der Waals surface area contributed by atoms with E-state index >= 15 is 0 Å². The van der Waals surface area contributed by atoms with E-state index in [0.717, 1.165) is 0 Å². The number of nitro groups is 1. The predicted molar refractivity (Wildman–Crippen MR) is 74.8 cm³/mol. The van der Waals surface area contributed by atoms with Crippen molar-refractivity contribution in [3.05, 3.63) is 51.1 Å². The highest BCUT2D eigenvalue weighted by Crippen LogP contribution is 2.18. The highest BCUT2D eigenvalue weighted by atomic mass is 16.6. The Morgan fingerprint density at radius 2 is 2.10 bits per heavy atom. The lowest BCUT2D eigenvalue weighted by Crippen LogP contribution is -2.26. The van der Waals surface area contributed by atoms with E-state index in [1.54, 1.807) is 27.0 Å². The van der Waals surface area contributed by atoms with E-state index in [2.05, 4.69) is 15.2 Å². The minimum absolute atomic E-state index is 0.0968. The molecule has 2 aromatic rings. The molecular weight excluding hydrogens is 274 g/mol. The molecule has 0 saturated carbocycles. The van der Waals surface area contributed by atoms with Gasteiger partial charge in [0.25, 0.3) is 11.6 Å². The molecule has 21 heavy (non-hydrogen) atoms. The smallest absolute Gasteiger partial charge is 0.270 e. The molecule has 0 aliphatic carbocycles. The normalized spacial score (nSPS) is 10.4. The van der Waals surface area contributed by atoms with Crippen LogP contribution in [0.5, 0.6) is 0 Å². The maximum absolute atomic E-state index is 12.3. The van der Waals surface area contributed by atoms with Crippen molar-refractivity contribution in [1.29, 1.82) is 0 Å². The molecule has 0 saturated heterocycles. The first-order valence-electron chi connectivity index (χ1n) is 6.26. The topological polar surface area (TPSA) is 105 Å². The Morgan fingerprint density at radius 3 is 2.67 bits per heavy atom. The summed E-state index contributed by atoms with van der Waals surface area (Å²) in [7, 11) is 1.60. The number of H-pyrrole nitrogens is 1. The number of nitro benzene ring substituents is 1. The van der Waals surface area contributed by atoms with E-state index in [1.807, 2.05) is 0 Å². The number of rotatable bonds is 4. The summed E-state index contributed by atoms with van der Waals surface area (Å²) in [5, 5.41) is 17.5. The third-order valence-corrected chi connectivity index (χ3v) is 2.89. The fourth-order valence-corrected chi connectivity index (χ4v) is 1.96. The molecular formula is C13H15N5O3. The van der Waals surface area contributed by atoms with Crippen LogP contribution in [-0.4, -0.2) is 38.0 Å². The van der Waals surface area contributed by atoms with Crippen LogP contribution in [0, 0.1) is 24.0 Å². The van der Waals surface area contributed by atoms with E-state index in [0.29, 0.717) is 17.2 Å². The predicted octanol–water partition coefficient (Wildman–Crippen LogP) is 1.60. The molecule has 8 heteroatoms. The van der Waals surface area contributed by atoms with Crippen molar-refractivity contribution < 1.29 is 9.72 Å². The molecule has 0 aliphatic rings. The Morgan fingerprint density at radius 1 is 1.38 bits per heavy atom. The van der Waals surface area contributed by atoms with Crippen LogP contribution in [0.1, 0.15) is 27.6 Å². The first-order chi connectivity index (χ1) is 9.86. The highest BCUT2D eigenvalue weighted by molar-refractivity contribution is 5.94. The van der Waals surface area contributed by atoms with E-state index in [-0.39, 0.29) is 23.7 Å². The minimum Gasteiger partial charge on any atom is -0.334 e. The number of carbonyl (C=O) groups excluding carboxylic acids is 1. The molecule has 110 valence electrons. The van der Waals surface area contributed by atoms with Gasteiger partial charge in [0.15, 0.2) is 5.82 Å². The number of carbonyl (C=O) groups is 1. The van der Waals surface area contributed by atoms with Gasteiger partial charge in [-0.15, -0.1) is 0 Å². The molecule has 1 aromatic heterocycles. The van der Waals surface area contributed by atoms with Crippen LogP contribution >= 0.6 is 0 Å². The second-order valence-electron chi connectivity index (χ2n) is 4.81. The number of hydrogen-bond donors (Lipinski definition) is 1. The van der Waals surface area contributed by atoms with Crippen molar-refractivity contribution in [3.8, 4) is 0 Å². The fourth-order valence-electron chi connectivity index (χ4n) is 1.96. The molecule has 8 nitrogen and oxygen atoms in total. The lowest BCUT2D eigenvalue weighted by atomic mass is 10.1. The van der Waals surface area contributed by atoms with Crippen molar-refractivity contribution in [2.75, 3.05) is 7.05 Å². The molecule has 0 spiro atoms. The first-order valence-corrected chi connectivity index (χ1v) is 6.26. The molecule has 0 unspecified atom stereocenters. The molecule has 1 N–H and O–H groups in total. The van der Waals surface area contributed by atoms with Gasteiger partial charge < -0.3 is 4.90 Å². The van der Waals surface area contributed by atoms with Crippen molar-refractivity contribution in [3.63, 3.8) is 0 Å². The average Bonchev–Trinajstić information content (AvgIpc) is 2.82. The number of aromatic amines is 1. The van der Waals surface area contributed by atoms with Crippen LogP contribution in [-0.2, 0) is 6.54 Å². The molecule has 0 aliphatic heterocycles. The third kappa shape index (κ3) is 3.41. The van der Waals surface area contributed by atoms with Crippen molar-refractivity contribution in [2.24, 2.45) is 0 Å². The minimum atomic E-state index is -0.512. The second kappa shape index (κ2) is 5.70. The third-order valence-electron chi connectivity index (χ3n) is 2.89. The van der Waals surface area contributed by atoms with E-state index in [4.69, 9.17) is 0 Å². The lowest BCUT2D eigenvalue weighted by Gasteiger charge is -2.15. The van der Waals surface area contributed by atoms with Crippen LogP contribution < -0.4 is 0 Å². The largest absolute Gasteiger partial charge is 0.334 e. The lowest BCUT2D eigenvalue weighted by molar-refractivity contribution is -0.384. The van der Waals surface area contributed by atoms with Crippen LogP contribution in [0.4, 0.5) is 5.69 Å². The number of aryl methyl sites for hydroxylation is 2. The summed E-state index contributed by atoms with van der Waals surface area (Å²) in [6, 6.07) is 4.32. The number of nitrogens with one attached hydrogen (secondary N) is 1. The van der Waals surface area contributed by atoms with Gasteiger partial charge in [-0.2, -0.15) is 5.10 Å². The summed E-state index contributed by atoms with van der Waals surface area (Å²) in [5.41, 5.74) is 0.839. The van der Waals surface area contributed by atoms with E-state index in [1.165, 1.54) is 17.0 Å². The van der Waals surface area contributed by atoms with Gasteiger partial charge in [-0.25, -0.2) is 4.98 Å². The number of benzene rings is 1. The number of hydrogen-bond acceptors (Lipinski definition) is 5. The van der Waals surface area contributed by atoms with Gasteiger partial charge in [0.2, 0.25) is 0 Å². The number of nitrogens with zero attached hydrogens (tertiary/aromatic N) is 4. The summed E-state index contributed by atoms with van der Waals surface area (Å²) in [6.07, 6.45) is 0. The molecule has 0 radical (unpaired) electrons. The first kappa shape index (κ1) is 14.6. The fraction of sp³-hybridized carbons (Fsp3) is 0.308. The molecule has 1 amide bonds. The monoisotopic (exact) mass is 289 g/mol. The summed E-state index contributed by atoms with van der Waals surface area (Å²) in [6.45, 7) is 3.70. The SMILES string of the molecule is Cc1cc(C(=O)N(C)Cc2n[nH]c(C)n2)cc([N+](=O)[O-])c1. The molecule has 0 fully saturated rings. The van der Waals surface area contributed by atoms with E-state index in [9.17, 15) is 14.9 Å². The van der Waals surface area contributed by atoms with Crippen LogP contribution in [0.3, 0.4) is 0 Å². The van der Waals surface area contributed by atoms with Crippen LogP contribution in [0.25, 0.3) is 0 Å². The Hall–Kier alpha value is -2.77. The highest BCUT2D eigenvalue weighted by Gasteiger charge is 2.17. The Labute approximate surface area is 121 Å². The maximum Gasteiger partial charge on any atom is 0.270 e.